The van der Waals surface area contributed by atoms with E-state index in [0.29, 0.717) is 0 Å². The van der Waals surface area contributed by atoms with Gasteiger partial charge in [0.05, 0.1) is 6.34 Å². The Labute approximate surface area is 82.0 Å². The molecule has 13 heavy (non-hydrogen) atoms. The molecule has 1 aromatic heterocycles. The molecule has 0 fully saturated rings. The number of aryl methyl sites for hydroxylation is 1. The molecule has 2 nitrogen and oxygen atoms in total. The molecule has 1 atom stereocenters. The zero-order valence-electron chi connectivity index (χ0n) is 7.53. The summed E-state index contributed by atoms with van der Waals surface area (Å²) in [6, 6.07) is 4.58. The van der Waals surface area contributed by atoms with Gasteiger partial charge in [-0.25, -0.2) is 0 Å². The highest BCUT2D eigenvalue weighted by atomic mass is 32.1. The molecule has 1 aromatic rings. The Morgan fingerprint density at radius 1 is 1.54 bits per heavy atom. The minimum atomic E-state index is 0.228. The van der Waals surface area contributed by atoms with Gasteiger partial charge in [0.15, 0.2) is 0 Å². The van der Waals surface area contributed by atoms with Gasteiger partial charge in [0, 0.05) is 16.0 Å². The van der Waals surface area contributed by atoms with Crippen LogP contribution in [0.25, 0.3) is 0 Å². The average molecular weight is 192 g/mol. The lowest BCUT2D eigenvalue weighted by Crippen LogP contribution is -2.07. The minimum absolute atomic E-state index is 0.228. The van der Waals surface area contributed by atoms with Crippen molar-refractivity contribution in [3.05, 3.63) is 34.2 Å². The highest BCUT2D eigenvalue weighted by molar-refractivity contribution is 7.12. The van der Waals surface area contributed by atoms with Crippen LogP contribution in [0.2, 0.25) is 0 Å². The van der Waals surface area contributed by atoms with Gasteiger partial charge < -0.3 is 5.32 Å². The third-order valence-corrected chi connectivity index (χ3v) is 3.31. The number of aliphatic imine (C=N–C) groups is 1. The molecule has 0 amide bonds. The van der Waals surface area contributed by atoms with Crippen molar-refractivity contribution in [2.45, 2.75) is 19.4 Å². The second-order valence-electron chi connectivity index (χ2n) is 2.91. The first-order valence-corrected chi connectivity index (χ1v) is 5.25. The maximum atomic E-state index is 4.33. The molecule has 1 aliphatic heterocycles. The molecular weight excluding hydrogens is 180 g/mol. The summed E-state index contributed by atoms with van der Waals surface area (Å²) in [6.07, 6.45) is 6.87. The number of hydrogen-bond donors (Lipinski definition) is 1. The Kier molecular flexibility index (Phi) is 2.45. The Bertz CT molecular complexity index is 326. The van der Waals surface area contributed by atoms with E-state index in [-0.39, 0.29) is 6.04 Å². The molecule has 0 bridgehead atoms. The van der Waals surface area contributed by atoms with Crippen LogP contribution < -0.4 is 5.32 Å². The first-order chi connectivity index (χ1) is 6.40. The fourth-order valence-electron chi connectivity index (χ4n) is 1.27. The lowest BCUT2D eigenvalue weighted by Gasteiger charge is -2.08. The van der Waals surface area contributed by atoms with E-state index in [4.69, 9.17) is 0 Å². The molecular formula is C10H12N2S. The lowest BCUT2D eigenvalue weighted by atomic mass is 10.2. The smallest absolute Gasteiger partial charge is 0.106 e. The molecule has 0 unspecified atom stereocenters. The summed E-state index contributed by atoms with van der Waals surface area (Å²) in [5.74, 6) is 0. The van der Waals surface area contributed by atoms with Crippen LogP contribution in [0, 0.1) is 0 Å². The second-order valence-corrected chi connectivity index (χ2v) is 4.11. The monoisotopic (exact) mass is 192 g/mol. The standard InChI is InChI=1S/C10H12N2S/c1-2-8-3-4-10(13-8)9-5-6-11-7-12-9/h3-7,9H,2H2,1H3,(H,11,12)/t9-/m1/s1. The molecule has 0 radical (unpaired) electrons. The van der Waals surface area contributed by atoms with Crippen molar-refractivity contribution in [2.75, 3.05) is 0 Å². The number of thiophene rings is 1. The zero-order chi connectivity index (χ0) is 9.10. The van der Waals surface area contributed by atoms with Crippen LogP contribution in [0.3, 0.4) is 0 Å². The fraction of sp³-hybridized carbons (Fsp3) is 0.300. The van der Waals surface area contributed by atoms with E-state index < -0.39 is 0 Å². The molecule has 1 N–H and O–H groups in total. The van der Waals surface area contributed by atoms with Gasteiger partial charge in [-0.1, -0.05) is 6.92 Å². The van der Waals surface area contributed by atoms with Gasteiger partial charge in [-0.05, 0) is 24.6 Å². The van der Waals surface area contributed by atoms with Crippen molar-refractivity contribution in [3.63, 3.8) is 0 Å². The van der Waals surface area contributed by atoms with E-state index in [1.54, 1.807) is 6.34 Å². The van der Waals surface area contributed by atoms with Gasteiger partial charge in [0.1, 0.15) is 6.04 Å². The Hall–Kier alpha value is -1.09. The van der Waals surface area contributed by atoms with Crippen molar-refractivity contribution >= 4 is 17.7 Å². The van der Waals surface area contributed by atoms with Gasteiger partial charge in [0.25, 0.3) is 0 Å². The summed E-state index contributed by atoms with van der Waals surface area (Å²) < 4.78 is 0. The summed E-state index contributed by atoms with van der Waals surface area (Å²) >= 11 is 1.85. The fourth-order valence-corrected chi connectivity index (χ4v) is 2.25. The quantitative estimate of drug-likeness (QED) is 0.765. The maximum Gasteiger partial charge on any atom is 0.106 e. The summed E-state index contributed by atoms with van der Waals surface area (Å²) in [7, 11) is 0. The van der Waals surface area contributed by atoms with E-state index in [9.17, 15) is 0 Å². The van der Waals surface area contributed by atoms with Gasteiger partial charge >= 0.3 is 0 Å². The van der Waals surface area contributed by atoms with Crippen LogP contribution in [0.5, 0.6) is 0 Å². The van der Waals surface area contributed by atoms with Crippen LogP contribution in [-0.2, 0) is 6.42 Å². The topological polar surface area (TPSA) is 24.4 Å². The van der Waals surface area contributed by atoms with E-state index in [0.717, 1.165) is 6.42 Å². The largest absolute Gasteiger partial charge is 0.353 e. The van der Waals surface area contributed by atoms with E-state index in [2.05, 4.69) is 35.4 Å². The molecule has 68 valence electrons. The summed E-state index contributed by atoms with van der Waals surface area (Å²) in [5.41, 5.74) is 0. The van der Waals surface area contributed by atoms with Crippen LogP contribution in [0.4, 0.5) is 0 Å². The van der Waals surface area contributed by atoms with Gasteiger partial charge in [-0.3, -0.25) is 4.99 Å². The van der Waals surface area contributed by atoms with Crippen molar-refractivity contribution in [2.24, 2.45) is 4.99 Å². The van der Waals surface area contributed by atoms with Crippen LogP contribution in [0.15, 0.2) is 29.4 Å². The first-order valence-electron chi connectivity index (χ1n) is 4.43. The van der Waals surface area contributed by atoms with Gasteiger partial charge in [-0.15, -0.1) is 11.3 Å². The first kappa shape index (κ1) is 8.51. The lowest BCUT2D eigenvalue weighted by molar-refractivity contribution is 0.905. The predicted octanol–water partition coefficient (Wildman–Crippen LogP) is 2.50. The van der Waals surface area contributed by atoms with E-state index in [1.165, 1.54) is 9.75 Å². The van der Waals surface area contributed by atoms with Gasteiger partial charge in [0.2, 0.25) is 0 Å². The van der Waals surface area contributed by atoms with Crippen molar-refractivity contribution in [1.82, 2.24) is 5.32 Å². The SMILES string of the molecule is CCc1ccc([C@H]2C=CNC=N2)s1. The molecule has 2 rings (SSSR count). The highest BCUT2D eigenvalue weighted by Gasteiger charge is 2.09. The number of hydrogen-bond acceptors (Lipinski definition) is 3. The second kappa shape index (κ2) is 3.75. The molecule has 0 aliphatic carbocycles. The third-order valence-electron chi connectivity index (χ3n) is 2.01. The van der Waals surface area contributed by atoms with Crippen molar-refractivity contribution < 1.29 is 0 Å². The molecule has 0 saturated carbocycles. The molecule has 0 spiro atoms. The Morgan fingerprint density at radius 2 is 2.46 bits per heavy atom. The zero-order valence-corrected chi connectivity index (χ0v) is 8.34. The van der Waals surface area contributed by atoms with Crippen molar-refractivity contribution in [1.29, 1.82) is 0 Å². The summed E-state index contributed by atoms with van der Waals surface area (Å²) in [5, 5.41) is 2.94. The molecule has 1 aliphatic rings. The minimum Gasteiger partial charge on any atom is -0.353 e. The molecule has 0 saturated heterocycles. The molecule has 0 aromatic carbocycles. The van der Waals surface area contributed by atoms with Crippen LogP contribution >= 0.6 is 11.3 Å². The highest BCUT2D eigenvalue weighted by Crippen LogP contribution is 2.27. The maximum absolute atomic E-state index is 4.33. The van der Waals surface area contributed by atoms with E-state index in [1.807, 2.05) is 17.5 Å². The van der Waals surface area contributed by atoms with Crippen LogP contribution in [0.1, 0.15) is 22.7 Å². The summed E-state index contributed by atoms with van der Waals surface area (Å²) in [6.45, 7) is 2.18. The van der Waals surface area contributed by atoms with Crippen LogP contribution in [-0.4, -0.2) is 6.34 Å². The number of nitrogens with zero attached hydrogens (tertiary/aromatic N) is 1. The summed E-state index contributed by atoms with van der Waals surface area (Å²) in [4.78, 5) is 7.09. The van der Waals surface area contributed by atoms with Crippen molar-refractivity contribution in [3.8, 4) is 0 Å². The Balaban J connectivity index is 2.19. The number of rotatable bonds is 2. The Morgan fingerprint density at radius 3 is 3.08 bits per heavy atom. The molecule has 3 heteroatoms. The third kappa shape index (κ3) is 1.80. The predicted molar refractivity (Wildman–Crippen MR) is 57.2 cm³/mol. The number of nitrogens with one attached hydrogen (secondary N) is 1. The van der Waals surface area contributed by atoms with E-state index >= 15 is 0 Å². The normalized spacial score (nSPS) is 20.2. The average Bonchev–Trinajstić information content (AvgIpc) is 2.67. The van der Waals surface area contributed by atoms with Gasteiger partial charge in [-0.2, -0.15) is 0 Å². The molecule has 2 heterocycles.